The number of fused-ring (bicyclic) bond motifs is 4. The summed E-state index contributed by atoms with van der Waals surface area (Å²) < 4.78 is 19.7. The zero-order chi connectivity index (χ0) is 41.8. The van der Waals surface area contributed by atoms with Crippen molar-refractivity contribution in [2.75, 3.05) is 0 Å². The first-order valence-corrected chi connectivity index (χ1v) is 20.9. The highest BCUT2D eigenvalue weighted by atomic mass is 16.5. The topological polar surface area (TPSA) is 48.5 Å². The van der Waals surface area contributed by atoms with E-state index in [1.165, 1.54) is 10.9 Å². The van der Waals surface area contributed by atoms with Crippen LogP contribution in [0, 0.1) is 6.33 Å². The standard InChI is InChI=1S/C56H42N4O2/c1-56(2,3)42-31-32-57-52(34-42)60-49-28-14-13-25-47(49)48-30-29-44(35-50(48)60)62-43-24-15-23-41(33-43)51-36-61-55-53(40-21-11-6-12-22-40)59(37-58(51)55)54-45(38-17-7-4-8-18-38)26-16-27-46(54)39-19-9-5-10-20-39/h4-36H,1-3H3. The number of rotatable bonds is 8. The lowest BCUT2D eigenvalue weighted by molar-refractivity contribution is -0.586. The third-order valence-electron chi connectivity index (χ3n) is 11.7. The van der Waals surface area contributed by atoms with Gasteiger partial charge in [0, 0.05) is 23.0 Å². The molecule has 0 unspecified atom stereocenters. The van der Waals surface area contributed by atoms with Crippen molar-refractivity contribution in [1.82, 2.24) is 14.0 Å². The zero-order valence-electron chi connectivity index (χ0n) is 34.7. The number of hydrogen-bond acceptors (Lipinski definition) is 3. The van der Waals surface area contributed by atoms with Crippen molar-refractivity contribution < 1.29 is 13.7 Å². The third-order valence-corrected chi connectivity index (χ3v) is 11.7. The van der Waals surface area contributed by atoms with Gasteiger partial charge in [0.15, 0.2) is 0 Å². The maximum atomic E-state index is 6.71. The molecule has 0 aliphatic carbocycles. The number of oxazole rings is 1. The minimum atomic E-state index is -0.0180. The van der Waals surface area contributed by atoms with Crippen LogP contribution in [0.4, 0.5) is 0 Å². The highest BCUT2D eigenvalue weighted by molar-refractivity contribution is 6.09. The first-order chi connectivity index (χ1) is 30.4. The normalized spacial score (nSPS) is 11.8. The van der Waals surface area contributed by atoms with Crippen molar-refractivity contribution in [3.05, 3.63) is 212 Å². The summed E-state index contributed by atoms with van der Waals surface area (Å²) in [5.74, 6) is 2.31. The summed E-state index contributed by atoms with van der Waals surface area (Å²) in [5, 5.41) is 2.31. The van der Waals surface area contributed by atoms with Crippen LogP contribution in [0.2, 0.25) is 0 Å². The number of aromatic nitrogens is 4. The first kappa shape index (κ1) is 37.1. The fourth-order valence-electron chi connectivity index (χ4n) is 8.65. The first-order valence-electron chi connectivity index (χ1n) is 20.9. The number of hydrogen-bond donors (Lipinski definition) is 0. The Morgan fingerprint density at radius 2 is 1.18 bits per heavy atom. The largest absolute Gasteiger partial charge is 0.472 e. The molecular weight excluding hydrogens is 761 g/mol. The van der Waals surface area contributed by atoms with Gasteiger partial charge in [-0.25, -0.2) is 4.98 Å². The number of ether oxygens (including phenoxy) is 1. The number of nitrogens with zero attached hydrogens (tertiary/aromatic N) is 4. The fourth-order valence-corrected chi connectivity index (χ4v) is 8.65. The monoisotopic (exact) mass is 802 g/mol. The Morgan fingerprint density at radius 1 is 0.565 bits per heavy atom. The number of imidazole rings is 1. The van der Waals surface area contributed by atoms with E-state index in [0.717, 1.165) is 78.4 Å². The van der Waals surface area contributed by atoms with Crippen molar-refractivity contribution in [1.29, 1.82) is 0 Å². The molecule has 0 N–H and O–H groups in total. The second kappa shape index (κ2) is 14.9. The van der Waals surface area contributed by atoms with Crippen LogP contribution in [-0.4, -0.2) is 14.0 Å². The minimum absolute atomic E-state index is 0.0180. The van der Waals surface area contributed by atoms with Crippen molar-refractivity contribution >= 4 is 27.5 Å². The van der Waals surface area contributed by atoms with Gasteiger partial charge in [0.1, 0.15) is 28.7 Å². The van der Waals surface area contributed by atoms with E-state index >= 15 is 0 Å². The van der Waals surface area contributed by atoms with E-state index in [1.54, 1.807) is 0 Å². The Bertz CT molecular complexity index is 3350. The third kappa shape index (κ3) is 6.44. The van der Waals surface area contributed by atoms with E-state index in [-0.39, 0.29) is 5.41 Å². The lowest BCUT2D eigenvalue weighted by atomic mass is 9.88. The molecular formula is C56H42N4O2. The average molecular weight is 803 g/mol. The Balaban J connectivity index is 1.04. The molecule has 11 rings (SSSR count). The van der Waals surface area contributed by atoms with E-state index in [0.29, 0.717) is 11.5 Å². The molecule has 0 atom stereocenters. The van der Waals surface area contributed by atoms with Gasteiger partial charge in [-0.05, 0) is 86.8 Å². The molecule has 0 aliphatic heterocycles. The molecule has 7 aromatic carbocycles. The van der Waals surface area contributed by atoms with E-state index in [2.05, 4.69) is 200 Å². The summed E-state index contributed by atoms with van der Waals surface area (Å²) in [6, 6.07) is 65.3. The maximum absolute atomic E-state index is 6.71. The number of pyridine rings is 1. The molecule has 298 valence electrons. The van der Waals surface area contributed by atoms with Crippen LogP contribution in [0.5, 0.6) is 11.5 Å². The molecule has 4 heterocycles. The van der Waals surface area contributed by atoms with Gasteiger partial charge in [0.25, 0.3) is 6.33 Å². The van der Waals surface area contributed by atoms with Crippen molar-refractivity contribution in [3.8, 4) is 67.8 Å². The average Bonchev–Trinajstić information content (AvgIpc) is 4.00. The Hall–Kier alpha value is -7.96. The highest BCUT2D eigenvalue weighted by Gasteiger charge is 2.25. The Labute approximate surface area is 360 Å². The highest BCUT2D eigenvalue weighted by Crippen LogP contribution is 2.39. The van der Waals surface area contributed by atoms with Gasteiger partial charge in [0.05, 0.1) is 23.0 Å². The molecule has 0 bridgehead atoms. The van der Waals surface area contributed by atoms with Crippen molar-refractivity contribution in [2.45, 2.75) is 26.2 Å². The van der Waals surface area contributed by atoms with Gasteiger partial charge in [-0.1, -0.05) is 160 Å². The molecule has 0 amide bonds. The lowest BCUT2D eigenvalue weighted by Gasteiger charge is -2.20. The minimum Gasteiger partial charge on any atom is -0.472 e. The summed E-state index contributed by atoms with van der Waals surface area (Å²) in [7, 11) is 0. The summed E-state index contributed by atoms with van der Waals surface area (Å²) in [4.78, 5) is 4.87. The van der Waals surface area contributed by atoms with E-state index in [1.807, 2.05) is 41.1 Å². The predicted molar refractivity (Wildman–Crippen MR) is 249 cm³/mol. The second-order valence-corrected chi connectivity index (χ2v) is 16.7. The summed E-state index contributed by atoms with van der Waals surface area (Å²) in [6.45, 7) is 6.69. The fraction of sp³-hybridized carbons (Fsp3) is 0.0714. The van der Waals surface area contributed by atoms with Crippen LogP contribution in [0.25, 0.3) is 83.8 Å². The van der Waals surface area contributed by atoms with E-state index < -0.39 is 0 Å². The SMILES string of the molecule is CC(C)(C)c1ccnc(-n2c3ccccc3c3ccc(Oc4cccc(-c5coc6c(-c7ccccc7)[n+](-c7c(-c8ccccc8)cccc7-c7ccccc7)[c-]n56)c4)cc32)c1. The van der Waals surface area contributed by atoms with E-state index in [4.69, 9.17) is 14.1 Å². The Kier molecular flexibility index (Phi) is 8.94. The van der Waals surface area contributed by atoms with Crippen molar-refractivity contribution in [2.24, 2.45) is 0 Å². The lowest BCUT2D eigenvalue weighted by Crippen LogP contribution is -2.33. The van der Waals surface area contributed by atoms with Gasteiger partial charge in [-0.15, -0.1) is 0 Å². The molecule has 6 nitrogen and oxygen atoms in total. The second-order valence-electron chi connectivity index (χ2n) is 16.7. The van der Waals surface area contributed by atoms with Crippen LogP contribution < -0.4 is 9.30 Å². The molecule has 6 heteroatoms. The Morgan fingerprint density at radius 3 is 1.89 bits per heavy atom. The van der Waals surface area contributed by atoms with E-state index in [9.17, 15) is 0 Å². The predicted octanol–water partition coefficient (Wildman–Crippen LogP) is 13.9. The van der Waals surface area contributed by atoms with Crippen LogP contribution in [-0.2, 0) is 5.41 Å². The molecule has 0 fully saturated rings. The summed E-state index contributed by atoms with van der Waals surface area (Å²) in [6.07, 6.45) is 7.49. The van der Waals surface area contributed by atoms with Gasteiger partial charge in [-0.2, -0.15) is 0 Å². The molecule has 0 radical (unpaired) electrons. The summed E-state index contributed by atoms with van der Waals surface area (Å²) >= 11 is 0. The van der Waals surface area contributed by atoms with Crippen LogP contribution in [0.1, 0.15) is 26.3 Å². The molecule has 0 saturated carbocycles. The summed E-state index contributed by atoms with van der Waals surface area (Å²) in [5.41, 5.74) is 13.1. The van der Waals surface area contributed by atoms with Crippen molar-refractivity contribution in [3.63, 3.8) is 0 Å². The molecule has 0 saturated heterocycles. The van der Waals surface area contributed by atoms with Crippen LogP contribution >= 0.6 is 0 Å². The molecule has 0 aliphatic rings. The molecule has 0 spiro atoms. The molecule has 11 aromatic rings. The van der Waals surface area contributed by atoms with Gasteiger partial charge >= 0.3 is 0 Å². The van der Waals surface area contributed by atoms with Gasteiger partial charge in [0.2, 0.25) is 5.71 Å². The maximum Gasteiger partial charge on any atom is 0.272 e. The number of para-hydroxylation sites is 2. The van der Waals surface area contributed by atoms with Gasteiger partial charge < -0.3 is 9.15 Å². The van der Waals surface area contributed by atoms with Crippen LogP contribution in [0.3, 0.4) is 0 Å². The molecule has 62 heavy (non-hydrogen) atoms. The van der Waals surface area contributed by atoms with Crippen LogP contribution in [0.15, 0.2) is 205 Å². The smallest absolute Gasteiger partial charge is 0.272 e. The quantitative estimate of drug-likeness (QED) is 0.114. The molecule has 4 aromatic heterocycles. The van der Waals surface area contributed by atoms with Gasteiger partial charge in [-0.3, -0.25) is 13.5 Å². The number of benzene rings is 7. The zero-order valence-corrected chi connectivity index (χ0v) is 34.7.